The maximum atomic E-state index is 13.5. The van der Waals surface area contributed by atoms with Gasteiger partial charge in [-0.2, -0.15) is 0 Å². The number of thiophene rings is 1. The van der Waals surface area contributed by atoms with Gasteiger partial charge in [-0.15, -0.1) is 11.3 Å². The molecule has 0 spiro atoms. The highest BCUT2D eigenvalue weighted by Gasteiger charge is 2.34. The first kappa shape index (κ1) is 25.8. The number of para-hydroxylation sites is 1. The van der Waals surface area contributed by atoms with E-state index in [1.54, 1.807) is 17.2 Å². The molecule has 4 aromatic rings. The number of aryl methyl sites for hydroxylation is 1. The molecule has 1 saturated carbocycles. The molecule has 4 amide bonds. The molecule has 1 aliphatic heterocycles. The van der Waals surface area contributed by atoms with Crippen LogP contribution in [0.1, 0.15) is 47.8 Å². The standard InChI is InChI=1S/C30H29N5O4S/c1-17-15-22(39-21-9-4-3-5-10-21)11-12-23(17)35-24-13-14-31-29-25(24)26(34-30(35)38)27(40-29)28(37)33-20-8-6-7-19(16-20)32-18(2)36/h3-5,9-15,19-20H,6-8,16H2,1-2H3,(H,32,36)(H,33,37)(H,34,38)/t19-,20?/m0/s1. The van der Waals surface area contributed by atoms with E-state index < -0.39 is 0 Å². The zero-order valence-electron chi connectivity index (χ0n) is 22.2. The number of nitrogens with one attached hydrogen (secondary N) is 3. The first-order chi connectivity index (χ1) is 19.4. The van der Waals surface area contributed by atoms with Gasteiger partial charge < -0.3 is 20.7 Å². The van der Waals surface area contributed by atoms with Crippen molar-refractivity contribution < 1.29 is 19.1 Å². The lowest BCUT2D eigenvalue weighted by Crippen LogP contribution is -2.45. The van der Waals surface area contributed by atoms with Crippen molar-refractivity contribution >= 4 is 56.5 Å². The summed E-state index contributed by atoms with van der Waals surface area (Å²) in [6, 6.07) is 16.6. The van der Waals surface area contributed by atoms with Gasteiger partial charge in [-0.25, -0.2) is 9.78 Å². The number of pyridine rings is 1. The van der Waals surface area contributed by atoms with Crippen LogP contribution in [0.25, 0.3) is 10.2 Å². The van der Waals surface area contributed by atoms with Gasteiger partial charge in [0.1, 0.15) is 21.2 Å². The fourth-order valence-corrected chi connectivity index (χ4v) is 6.56. The van der Waals surface area contributed by atoms with E-state index in [2.05, 4.69) is 20.9 Å². The van der Waals surface area contributed by atoms with Gasteiger partial charge in [0.15, 0.2) is 0 Å². The largest absolute Gasteiger partial charge is 0.457 e. The number of benzene rings is 2. The monoisotopic (exact) mass is 555 g/mol. The molecule has 0 saturated heterocycles. The summed E-state index contributed by atoms with van der Waals surface area (Å²) < 4.78 is 5.97. The molecule has 3 N–H and O–H groups in total. The number of amides is 4. The molecule has 9 nitrogen and oxygen atoms in total. The van der Waals surface area contributed by atoms with Gasteiger partial charge in [-0.05, 0) is 74.6 Å². The minimum atomic E-state index is -0.351. The second kappa shape index (κ2) is 10.6. The summed E-state index contributed by atoms with van der Waals surface area (Å²) >= 11 is 1.26. The van der Waals surface area contributed by atoms with Gasteiger partial charge in [-0.1, -0.05) is 18.2 Å². The second-order valence-corrected chi connectivity index (χ2v) is 11.2. The third-order valence-corrected chi connectivity index (χ3v) is 8.35. The molecule has 1 fully saturated rings. The Morgan fingerprint density at radius 1 is 1.02 bits per heavy atom. The van der Waals surface area contributed by atoms with Crippen LogP contribution in [0, 0.1) is 6.92 Å². The van der Waals surface area contributed by atoms with Crippen LogP contribution >= 0.6 is 11.3 Å². The van der Waals surface area contributed by atoms with Crippen LogP contribution in [0.5, 0.6) is 11.5 Å². The van der Waals surface area contributed by atoms with Crippen LogP contribution < -0.4 is 25.6 Å². The number of carbonyl (C=O) groups excluding carboxylic acids is 3. The molecule has 2 aromatic heterocycles. The lowest BCUT2D eigenvalue weighted by Gasteiger charge is -2.31. The highest BCUT2D eigenvalue weighted by molar-refractivity contribution is 7.21. The van der Waals surface area contributed by atoms with E-state index in [0.717, 1.165) is 36.0 Å². The lowest BCUT2D eigenvalue weighted by molar-refractivity contribution is -0.119. The summed E-state index contributed by atoms with van der Waals surface area (Å²) in [5, 5.41) is 9.79. The van der Waals surface area contributed by atoms with Gasteiger partial charge in [0.05, 0.1) is 22.4 Å². The van der Waals surface area contributed by atoms with E-state index in [1.165, 1.54) is 18.3 Å². The first-order valence-electron chi connectivity index (χ1n) is 13.3. The highest BCUT2D eigenvalue weighted by Crippen LogP contribution is 2.46. The highest BCUT2D eigenvalue weighted by atomic mass is 32.1. The zero-order chi connectivity index (χ0) is 27.8. The fourth-order valence-electron chi connectivity index (χ4n) is 5.54. The van der Waals surface area contributed by atoms with Crippen LogP contribution in [-0.2, 0) is 4.79 Å². The van der Waals surface area contributed by atoms with Gasteiger partial charge in [-0.3, -0.25) is 14.5 Å². The molecular weight excluding hydrogens is 526 g/mol. The SMILES string of the molecule is CC(=O)N[C@H]1CCCC(NC(=O)c2sc3nccc4c3c2NC(=O)N4c2ccc(Oc3ccccc3)cc2C)C1. The molecule has 2 aliphatic rings. The summed E-state index contributed by atoms with van der Waals surface area (Å²) in [6.07, 6.45) is 5.00. The van der Waals surface area contributed by atoms with E-state index in [9.17, 15) is 14.4 Å². The molecule has 10 heteroatoms. The summed E-state index contributed by atoms with van der Waals surface area (Å²) in [7, 11) is 0. The Balaban J connectivity index is 1.28. The normalized spacial score (nSPS) is 18.2. The minimum Gasteiger partial charge on any atom is -0.457 e. The Bertz CT molecular complexity index is 1620. The smallest absolute Gasteiger partial charge is 0.331 e. The van der Waals surface area contributed by atoms with Crippen molar-refractivity contribution in [2.75, 3.05) is 10.2 Å². The van der Waals surface area contributed by atoms with Crippen LogP contribution in [0.15, 0.2) is 60.8 Å². The molecule has 0 radical (unpaired) electrons. The van der Waals surface area contributed by atoms with Crippen LogP contribution in [0.2, 0.25) is 0 Å². The van der Waals surface area contributed by atoms with Gasteiger partial charge in [0.25, 0.3) is 5.91 Å². The quantitative estimate of drug-likeness (QED) is 0.260. The molecule has 204 valence electrons. The molecule has 40 heavy (non-hydrogen) atoms. The Morgan fingerprint density at radius 2 is 1.80 bits per heavy atom. The summed E-state index contributed by atoms with van der Waals surface area (Å²) in [5.74, 6) is 1.09. The predicted octanol–water partition coefficient (Wildman–Crippen LogP) is 6.26. The molecule has 2 atom stereocenters. The number of hydrogen-bond acceptors (Lipinski definition) is 6. The number of urea groups is 1. The second-order valence-electron chi connectivity index (χ2n) is 10.2. The number of rotatable bonds is 6. The van der Waals surface area contributed by atoms with Crippen LogP contribution in [-0.4, -0.2) is 34.9 Å². The number of hydrogen-bond donors (Lipinski definition) is 3. The van der Waals surface area contributed by atoms with Gasteiger partial charge >= 0.3 is 6.03 Å². The summed E-state index contributed by atoms with van der Waals surface area (Å²) in [6.45, 7) is 3.44. The molecule has 3 heterocycles. The van der Waals surface area contributed by atoms with Crippen molar-refractivity contribution in [2.45, 2.75) is 51.6 Å². The fraction of sp³-hybridized carbons (Fsp3) is 0.267. The van der Waals surface area contributed by atoms with Crippen molar-refractivity contribution in [3.63, 3.8) is 0 Å². The number of nitrogens with zero attached hydrogens (tertiary/aromatic N) is 2. The lowest BCUT2D eigenvalue weighted by atomic mass is 9.91. The van der Waals surface area contributed by atoms with Crippen LogP contribution in [0.4, 0.5) is 21.9 Å². The Hall–Kier alpha value is -4.44. The van der Waals surface area contributed by atoms with E-state index in [-0.39, 0.29) is 29.9 Å². The molecule has 1 aliphatic carbocycles. The molecule has 2 aromatic carbocycles. The zero-order valence-corrected chi connectivity index (χ0v) is 23.0. The average molecular weight is 556 g/mol. The first-order valence-corrected chi connectivity index (χ1v) is 14.1. The van der Waals surface area contributed by atoms with Crippen molar-refractivity contribution in [3.05, 3.63) is 71.2 Å². The Kier molecular flexibility index (Phi) is 6.85. The topological polar surface area (TPSA) is 113 Å². The van der Waals surface area contributed by atoms with E-state index in [0.29, 0.717) is 38.9 Å². The maximum Gasteiger partial charge on any atom is 0.331 e. The van der Waals surface area contributed by atoms with E-state index in [1.807, 2.05) is 55.5 Å². The number of carbonyl (C=O) groups is 3. The van der Waals surface area contributed by atoms with Gasteiger partial charge in [0.2, 0.25) is 5.91 Å². The van der Waals surface area contributed by atoms with E-state index in [4.69, 9.17) is 4.74 Å². The van der Waals surface area contributed by atoms with Crippen molar-refractivity contribution in [3.8, 4) is 11.5 Å². The van der Waals surface area contributed by atoms with Crippen LogP contribution in [0.3, 0.4) is 0 Å². The Labute approximate surface area is 235 Å². The predicted molar refractivity (Wildman–Crippen MR) is 156 cm³/mol. The average Bonchev–Trinajstić information content (AvgIpc) is 3.29. The maximum absolute atomic E-state index is 13.5. The third-order valence-electron chi connectivity index (χ3n) is 7.26. The molecule has 1 unspecified atom stereocenters. The molecule has 0 bridgehead atoms. The van der Waals surface area contributed by atoms with Gasteiger partial charge in [0, 0.05) is 25.2 Å². The number of ether oxygens (including phenoxy) is 1. The van der Waals surface area contributed by atoms with Crippen molar-refractivity contribution in [1.82, 2.24) is 15.6 Å². The number of aromatic nitrogens is 1. The summed E-state index contributed by atoms with van der Waals surface area (Å²) in [4.78, 5) is 45.7. The van der Waals surface area contributed by atoms with E-state index >= 15 is 0 Å². The Morgan fingerprint density at radius 3 is 2.55 bits per heavy atom. The van der Waals surface area contributed by atoms with Crippen molar-refractivity contribution in [2.24, 2.45) is 0 Å². The third kappa shape index (κ3) is 4.98. The number of anilines is 3. The summed E-state index contributed by atoms with van der Waals surface area (Å²) in [5.41, 5.74) is 2.72. The van der Waals surface area contributed by atoms with Crippen molar-refractivity contribution in [1.29, 1.82) is 0 Å². The molecule has 6 rings (SSSR count). The minimum absolute atomic E-state index is 0.0477. The molecular formula is C30H29N5O4S.